The van der Waals surface area contributed by atoms with Crippen LogP contribution in [-0.2, 0) is 11.3 Å². The summed E-state index contributed by atoms with van der Waals surface area (Å²) < 4.78 is 5.73. The highest BCUT2D eigenvalue weighted by molar-refractivity contribution is 7.15. The Morgan fingerprint density at radius 3 is 2.65 bits per heavy atom. The van der Waals surface area contributed by atoms with Gasteiger partial charge in [0.25, 0.3) is 0 Å². The lowest BCUT2D eigenvalue weighted by Gasteiger charge is -2.31. The van der Waals surface area contributed by atoms with Gasteiger partial charge in [0.2, 0.25) is 0 Å². The number of piperidine rings is 1. The van der Waals surface area contributed by atoms with E-state index < -0.39 is 0 Å². The summed E-state index contributed by atoms with van der Waals surface area (Å²) in [4.78, 5) is 8.84. The maximum atomic E-state index is 5.73. The molecule has 1 saturated carbocycles. The number of hydrogen-bond acceptors (Lipinski definition) is 5. The van der Waals surface area contributed by atoms with Crippen LogP contribution in [0.25, 0.3) is 0 Å². The number of nitrogens with one attached hydrogen (secondary N) is 1. The van der Waals surface area contributed by atoms with Crippen LogP contribution in [-0.4, -0.2) is 37.8 Å². The standard InChI is InChI=1S/C15H25N3OS/c1-3-19-12-6-8-18(9-7-12)15-17-14(11-4-5-11)13(20-15)10-16-2/h11-12,16H,3-10H2,1-2H3. The van der Waals surface area contributed by atoms with Crippen LogP contribution < -0.4 is 10.2 Å². The van der Waals surface area contributed by atoms with Crippen LogP contribution in [0.5, 0.6) is 0 Å². The highest BCUT2D eigenvalue weighted by Crippen LogP contribution is 2.44. The summed E-state index contributed by atoms with van der Waals surface area (Å²) in [6, 6.07) is 0. The van der Waals surface area contributed by atoms with Crippen LogP contribution in [0, 0.1) is 0 Å². The summed E-state index contributed by atoms with van der Waals surface area (Å²) in [5.74, 6) is 0.740. The van der Waals surface area contributed by atoms with Crippen molar-refractivity contribution in [2.45, 2.75) is 51.2 Å². The van der Waals surface area contributed by atoms with Crippen molar-refractivity contribution in [1.29, 1.82) is 0 Å². The molecule has 112 valence electrons. The molecule has 5 heteroatoms. The highest BCUT2D eigenvalue weighted by Gasteiger charge is 2.31. The quantitative estimate of drug-likeness (QED) is 0.875. The summed E-state index contributed by atoms with van der Waals surface area (Å²) in [6.07, 6.45) is 5.37. The van der Waals surface area contributed by atoms with E-state index in [4.69, 9.17) is 9.72 Å². The molecule has 1 N–H and O–H groups in total. The van der Waals surface area contributed by atoms with Crippen molar-refractivity contribution in [1.82, 2.24) is 10.3 Å². The molecule has 0 unspecified atom stereocenters. The van der Waals surface area contributed by atoms with Crippen molar-refractivity contribution in [3.8, 4) is 0 Å². The predicted octanol–water partition coefficient (Wildman–Crippen LogP) is 2.75. The molecule has 0 atom stereocenters. The van der Waals surface area contributed by atoms with Crippen LogP contribution in [0.2, 0.25) is 0 Å². The summed E-state index contributed by atoms with van der Waals surface area (Å²) >= 11 is 1.89. The fourth-order valence-electron chi connectivity index (χ4n) is 2.90. The summed E-state index contributed by atoms with van der Waals surface area (Å²) in [5, 5.41) is 4.51. The van der Waals surface area contributed by atoms with Gasteiger partial charge >= 0.3 is 0 Å². The first kappa shape index (κ1) is 14.3. The van der Waals surface area contributed by atoms with Gasteiger partial charge in [-0.05, 0) is 39.7 Å². The third kappa shape index (κ3) is 3.15. The zero-order chi connectivity index (χ0) is 13.9. The molecular weight excluding hydrogens is 270 g/mol. The zero-order valence-corrected chi connectivity index (χ0v) is 13.3. The smallest absolute Gasteiger partial charge is 0.185 e. The highest BCUT2D eigenvalue weighted by atomic mass is 32.1. The molecule has 2 aliphatic rings. The van der Waals surface area contributed by atoms with Crippen molar-refractivity contribution in [2.24, 2.45) is 0 Å². The Bertz CT molecular complexity index is 436. The average Bonchev–Trinajstić information content (AvgIpc) is 3.22. The molecule has 2 fully saturated rings. The molecule has 0 bridgehead atoms. The molecule has 1 aromatic heterocycles. The molecule has 0 radical (unpaired) electrons. The lowest BCUT2D eigenvalue weighted by atomic mass is 10.1. The minimum absolute atomic E-state index is 0.455. The van der Waals surface area contributed by atoms with E-state index in [0.717, 1.165) is 45.0 Å². The van der Waals surface area contributed by atoms with Gasteiger partial charge in [0.1, 0.15) is 0 Å². The fourth-order valence-corrected chi connectivity index (χ4v) is 4.11. The Morgan fingerprint density at radius 1 is 1.30 bits per heavy atom. The minimum Gasteiger partial charge on any atom is -0.378 e. The van der Waals surface area contributed by atoms with Crippen LogP contribution in [0.15, 0.2) is 0 Å². The molecule has 1 saturated heterocycles. The molecule has 0 amide bonds. The van der Waals surface area contributed by atoms with E-state index in [1.807, 2.05) is 18.4 Å². The van der Waals surface area contributed by atoms with Crippen molar-refractivity contribution >= 4 is 16.5 Å². The van der Waals surface area contributed by atoms with Gasteiger partial charge in [-0.2, -0.15) is 0 Å². The molecule has 20 heavy (non-hydrogen) atoms. The Balaban J connectivity index is 1.66. The van der Waals surface area contributed by atoms with E-state index in [2.05, 4.69) is 17.1 Å². The molecule has 1 aliphatic carbocycles. The summed E-state index contributed by atoms with van der Waals surface area (Å²) in [7, 11) is 2.02. The number of ether oxygens (including phenoxy) is 1. The number of hydrogen-bond donors (Lipinski definition) is 1. The van der Waals surface area contributed by atoms with Gasteiger partial charge in [0.15, 0.2) is 5.13 Å². The number of aromatic nitrogens is 1. The van der Waals surface area contributed by atoms with E-state index in [1.165, 1.54) is 28.5 Å². The molecule has 0 spiro atoms. The third-order valence-electron chi connectivity index (χ3n) is 4.13. The first-order chi connectivity index (χ1) is 9.81. The van der Waals surface area contributed by atoms with Gasteiger partial charge in [-0.15, -0.1) is 11.3 Å². The van der Waals surface area contributed by atoms with Crippen molar-refractivity contribution in [3.63, 3.8) is 0 Å². The van der Waals surface area contributed by atoms with E-state index in [0.29, 0.717) is 6.10 Å². The Morgan fingerprint density at radius 2 is 2.05 bits per heavy atom. The van der Waals surface area contributed by atoms with Gasteiger partial charge in [-0.3, -0.25) is 0 Å². The second kappa shape index (κ2) is 6.41. The van der Waals surface area contributed by atoms with Crippen molar-refractivity contribution in [3.05, 3.63) is 10.6 Å². The maximum Gasteiger partial charge on any atom is 0.185 e. The SMILES string of the molecule is CCOC1CCN(c2nc(C3CC3)c(CNC)s2)CC1. The number of rotatable bonds is 6. The molecule has 1 aliphatic heterocycles. The Kier molecular flexibility index (Phi) is 4.58. The van der Waals surface area contributed by atoms with E-state index >= 15 is 0 Å². The minimum atomic E-state index is 0.455. The first-order valence-electron chi connectivity index (χ1n) is 7.82. The van der Waals surface area contributed by atoms with Gasteiger partial charge in [-0.25, -0.2) is 4.98 Å². The zero-order valence-electron chi connectivity index (χ0n) is 12.5. The number of thiazole rings is 1. The number of anilines is 1. The van der Waals surface area contributed by atoms with Gasteiger partial charge < -0.3 is 15.0 Å². The van der Waals surface area contributed by atoms with Crippen LogP contribution in [0.3, 0.4) is 0 Å². The topological polar surface area (TPSA) is 37.4 Å². The second-order valence-electron chi connectivity index (χ2n) is 5.75. The molecule has 3 rings (SSSR count). The Labute approximate surface area is 125 Å². The fraction of sp³-hybridized carbons (Fsp3) is 0.800. The molecule has 4 nitrogen and oxygen atoms in total. The van der Waals surface area contributed by atoms with Gasteiger partial charge in [-0.1, -0.05) is 0 Å². The maximum absolute atomic E-state index is 5.73. The van der Waals surface area contributed by atoms with E-state index in [9.17, 15) is 0 Å². The van der Waals surface area contributed by atoms with Crippen LogP contribution >= 0.6 is 11.3 Å². The molecular formula is C15H25N3OS. The van der Waals surface area contributed by atoms with Crippen LogP contribution in [0.1, 0.15) is 49.1 Å². The summed E-state index contributed by atoms with van der Waals surface area (Å²) in [6.45, 7) is 6.04. The first-order valence-corrected chi connectivity index (χ1v) is 8.64. The second-order valence-corrected chi connectivity index (χ2v) is 6.81. The van der Waals surface area contributed by atoms with Crippen molar-refractivity contribution in [2.75, 3.05) is 31.6 Å². The number of nitrogens with zero attached hydrogens (tertiary/aromatic N) is 2. The molecule has 1 aromatic rings. The third-order valence-corrected chi connectivity index (χ3v) is 5.26. The molecule has 0 aromatic carbocycles. The molecule has 2 heterocycles. The lowest BCUT2D eigenvalue weighted by molar-refractivity contribution is 0.0459. The monoisotopic (exact) mass is 295 g/mol. The van der Waals surface area contributed by atoms with Crippen LogP contribution in [0.4, 0.5) is 5.13 Å². The predicted molar refractivity (Wildman–Crippen MR) is 83.7 cm³/mol. The average molecular weight is 295 g/mol. The van der Waals surface area contributed by atoms with Crippen molar-refractivity contribution < 1.29 is 4.74 Å². The lowest BCUT2D eigenvalue weighted by Crippen LogP contribution is -2.37. The largest absolute Gasteiger partial charge is 0.378 e. The van der Waals surface area contributed by atoms with E-state index in [1.54, 1.807) is 0 Å². The van der Waals surface area contributed by atoms with E-state index in [-0.39, 0.29) is 0 Å². The Hall–Kier alpha value is -0.650. The van der Waals surface area contributed by atoms with Gasteiger partial charge in [0, 0.05) is 37.0 Å². The normalized spacial score (nSPS) is 20.6. The van der Waals surface area contributed by atoms with Gasteiger partial charge in [0.05, 0.1) is 11.8 Å². The summed E-state index contributed by atoms with van der Waals surface area (Å²) in [5.41, 5.74) is 1.37.